The molecule has 0 aliphatic heterocycles. The molecule has 8 N–H and O–H groups in total. The maximum absolute atomic E-state index is 12.4. The van der Waals surface area contributed by atoms with Gasteiger partial charge in [0.2, 0.25) is 0 Å². The van der Waals surface area contributed by atoms with Crippen LogP contribution in [0.4, 0.5) is 83.6 Å². The highest BCUT2D eigenvalue weighted by Gasteiger charge is 2.20. The van der Waals surface area contributed by atoms with E-state index < -0.39 is 4.92 Å². The van der Waals surface area contributed by atoms with Gasteiger partial charge in [0.25, 0.3) is 17.5 Å². The number of thiazole rings is 4. The molecule has 684 valence electrons. The summed E-state index contributed by atoms with van der Waals surface area (Å²) in [6.45, 7) is 18.5. The van der Waals surface area contributed by atoms with Gasteiger partial charge < -0.3 is 41.4 Å². The molecule has 0 saturated heterocycles. The molecule has 2 amide bonds. The molecule has 0 atom stereocenters. The minimum atomic E-state index is -0.440. The summed E-state index contributed by atoms with van der Waals surface area (Å²) in [7, 11) is 3.32. The highest BCUT2D eigenvalue weighted by molar-refractivity contribution is 7.20. The van der Waals surface area contributed by atoms with E-state index in [1.165, 1.54) is 112 Å². The number of methoxy groups -OCH3 is 2. The Morgan fingerprint density at radius 3 is 1.12 bits per heavy atom. The molecule has 137 heavy (non-hydrogen) atoms. The molecule has 0 fully saturated rings. The number of amides is 2. The van der Waals surface area contributed by atoms with Crippen molar-refractivity contribution in [3.8, 4) is 32.6 Å². The number of nitrogens with one attached hydrogen (secondary N) is 8. The molecule has 20 rings (SSSR count). The smallest absolute Gasteiger partial charge is 0.271 e. The Balaban J connectivity index is 0.000000126. The second-order valence-electron chi connectivity index (χ2n) is 31.7. The third kappa shape index (κ3) is 25.7. The number of benzene rings is 12. The molecule has 23 nitrogen and oxygen atoms in total. The van der Waals surface area contributed by atoms with Gasteiger partial charge in [0.15, 0.2) is 20.5 Å². The Hall–Kier alpha value is -16.5. The standard InChI is InChI=1S/C21H18N4O2S2.C20H15N5O3S2.C18H18N2O.C18H18N2.C17H16N2.C16H14N2/c1-13-18(29-21(22-13)25-19(26)14-8-4-3-5-9-14)16-12-28-20(24-16)23-15-10-6-7-11-17(15)27-2;1-12-17(30-20(21-12)24-18(26)13-6-3-2-4-7-13)16-11-29-19(23-16)22-14-8-5-9-15(10-14)25(27)28;1-12-11-18(20-16-7-5-4-6-15(12)16)19-14-8-9-17(21-3)13(2)10-14;1-3-14-8-10-15(11-9-14)19-18-12-13(2)16-6-4-5-7-17(16)20-18;1-12-7-9-14(10-8-12)18-17-11-13(2)15-5-3-4-6-16(15)19-17;1-12-11-16(17-13-7-3-2-4-8-13)18-15-10-6-5-9-14(12)15/h3-12H,1-2H3,(H,23,24)(H,22,25,26);2-11H,1H3,(H,22,23)(H,21,24,26);4-11H,1-3H3,(H,19,20);4-12H,3H2,1-2H3,(H,19,20);3-11H,1-2H3,(H,18,19);2-11H,1H3,(H,17,18). The Morgan fingerprint density at radius 2 is 0.701 bits per heavy atom. The zero-order valence-corrected chi connectivity index (χ0v) is 80.4. The van der Waals surface area contributed by atoms with Gasteiger partial charge in [0.05, 0.1) is 79.4 Å². The van der Waals surface area contributed by atoms with Crippen molar-refractivity contribution in [2.75, 3.05) is 56.8 Å². The van der Waals surface area contributed by atoms with Crippen molar-refractivity contribution >= 4 is 184 Å². The zero-order valence-electron chi connectivity index (χ0n) is 77.1. The van der Waals surface area contributed by atoms with Crippen LogP contribution in [0.5, 0.6) is 11.5 Å². The lowest BCUT2D eigenvalue weighted by molar-refractivity contribution is -0.384. The maximum atomic E-state index is 12.4. The molecule has 0 radical (unpaired) electrons. The number of anilines is 14. The quantitative estimate of drug-likeness (QED) is 0.0231. The minimum absolute atomic E-state index is 0.00822. The third-order valence-electron chi connectivity index (χ3n) is 21.6. The fourth-order valence-corrected chi connectivity index (χ4v) is 18.1. The van der Waals surface area contributed by atoms with Crippen LogP contribution < -0.4 is 52.0 Å². The molecule has 0 aliphatic carbocycles. The number of fused-ring (bicyclic) bond motifs is 4. The molecule has 0 bridgehead atoms. The van der Waals surface area contributed by atoms with E-state index in [0.717, 1.165) is 135 Å². The summed E-state index contributed by atoms with van der Waals surface area (Å²) in [6.07, 6.45) is 1.06. The number of rotatable bonds is 22. The van der Waals surface area contributed by atoms with E-state index in [4.69, 9.17) is 9.47 Å². The topological polar surface area (TPSA) is 295 Å². The van der Waals surface area contributed by atoms with Crippen LogP contribution in [0, 0.1) is 65.5 Å². The van der Waals surface area contributed by atoms with E-state index in [-0.39, 0.29) is 17.5 Å². The summed E-state index contributed by atoms with van der Waals surface area (Å²) in [6, 6.07) is 106. The molecule has 0 unspecified atom stereocenters. The highest BCUT2D eigenvalue weighted by Crippen LogP contribution is 2.40. The fourth-order valence-electron chi connectivity index (χ4n) is 14.6. The lowest BCUT2D eigenvalue weighted by Crippen LogP contribution is -2.11. The molecule has 27 heteroatoms. The normalized spacial score (nSPS) is 10.6. The lowest BCUT2D eigenvalue weighted by Gasteiger charge is -2.11. The zero-order chi connectivity index (χ0) is 95.7. The second-order valence-corrected chi connectivity index (χ2v) is 35.4. The Kier molecular flexibility index (Phi) is 31.8. The Morgan fingerprint density at radius 1 is 0.336 bits per heavy atom. The molecule has 20 aromatic rings. The van der Waals surface area contributed by atoms with Gasteiger partial charge in [-0.15, -0.1) is 22.7 Å². The summed E-state index contributed by atoms with van der Waals surface area (Å²) in [5.41, 5.74) is 22.6. The number of aromatic nitrogens is 8. The minimum Gasteiger partial charge on any atom is -0.496 e. The summed E-state index contributed by atoms with van der Waals surface area (Å²) >= 11 is 5.64. The van der Waals surface area contributed by atoms with Crippen molar-refractivity contribution in [2.24, 2.45) is 0 Å². The molecule has 8 aromatic heterocycles. The third-order valence-corrected chi connectivity index (χ3v) is 25.3. The van der Waals surface area contributed by atoms with E-state index >= 15 is 0 Å². The van der Waals surface area contributed by atoms with Crippen LogP contribution >= 0.6 is 45.3 Å². The number of nitro benzene ring substituents is 1. The number of carbonyl (C=O) groups excluding carboxylic acids is 2. The van der Waals surface area contributed by atoms with E-state index in [0.29, 0.717) is 32.2 Å². The Bertz CT molecular complexity index is 7570. The lowest BCUT2D eigenvalue weighted by atomic mass is 10.1. The van der Waals surface area contributed by atoms with E-state index in [1.807, 2.05) is 195 Å². The monoisotopic (exact) mass is 1880 g/mol. The molecular formula is C110H99N17O6S4. The second kappa shape index (κ2) is 45.8. The number of aryl methyl sites for hydroxylation is 9. The summed E-state index contributed by atoms with van der Waals surface area (Å²) in [5.74, 6) is 4.77. The van der Waals surface area contributed by atoms with Crippen molar-refractivity contribution in [1.29, 1.82) is 0 Å². The molecule has 0 saturated carbocycles. The van der Waals surface area contributed by atoms with E-state index in [9.17, 15) is 19.7 Å². The predicted octanol–water partition coefficient (Wildman–Crippen LogP) is 29.4. The van der Waals surface area contributed by atoms with Crippen molar-refractivity contribution in [3.05, 3.63) is 410 Å². The van der Waals surface area contributed by atoms with Crippen LogP contribution in [0.1, 0.15) is 78.0 Å². The summed E-state index contributed by atoms with van der Waals surface area (Å²) in [5, 5.41) is 47.5. The fraction of sp³-hybridized carbons (Fsp3) is 0.109. The van der Waals surface area contributed by atoms with Crippen LogP contribution in [-0.4, -0.2) is 70.8 Å². The average Bonchev–Trinajstić information content (AvgIpc) is 1.77. The van der Waals surface area contributed by atoms with Crippen LogP contribution in [0.2, 0.25) is 0 Å². The van der Waals surface area contributed by atoms with Crippen LogP contribution in [0.3, 0.4) is 0 Å². The number of hydrogen-bond donors (Lipinski definition) is 8. The summed E-state index contributed by atoms with van der Waals surface area (Å²) < 4.78 is 10.7. The first kappa shape index (κ1) is 95.2. The van der Waals surface area contributed by atoms with Crippen LogP contribution in [0.25, 0.3) is 64.8 Å². The van der Waals surface area contributed by atoms with Crippen molar-refractivity contribution in [3.63, 3.8) is 0 Å². The molecule has 0 aliphatic rings. The molecule has 12 aromatic carbocycles. The van der Waals surface area contributed by atoms with Gasteiger partial charge >= 0.3 is 0 Å². The number of ether oxygens (including phenoxy) is 2. The maximum Gasteiger partial charge on any atom is 0.271 e. The first-order chi connectivity index (χ1) is 66.6. The number of carbonyl (C=O) groups is 2. The molecule has 0 spiro atoms. The van der Waals surface area contributed by atoms with Gasteiger partial charge in [0.1, 0.15) is 34.8 Å². The predicted molar refractivity (Wildman–Crippen MR) is 568 cm³/mol. The number of nitrogens with zero attached hydrogens (tertiary/aromatic N) is 9. The summed E-state index contributed by atoms with van der Waals surface area (Å²) in [4.78, 5) is 73.7. The van der Waals surface area contributed by atoms with Crippen LogP contribution in [-0.2, 0) is 6.42 Å². The van der Waals surface area contributed by atoms with Gasteiger partial charge in [-0.3, -0.25) is 30.3 Å². The van der Waals surface area contributed by atoms with Gasteiger partial charge in [-0.2, -0.15) is 0 Å². The first-order valence-electron chi connectivity index (χ1n) is 44.0. The number of para-hydroxylation sites is 7. The number of non-ortho nitro benzene ring substituents is 1. The highest BCUT2D eigenvalue weighted by atomic mass is 32.1. The molecular weight excluding hydrogens is 1780 g/mol. The number of hydrogen-bond acceptors (Lipinski definition) is 24. The largest absolute Gasteiger partial charge is 0.496 e. The Labute approximate surface area is 810 Å². The number of pyridine rings is 4. The van der Waals surface area contributed by atoms with Gasteiger partial charge in [-0.05, 0) is 241 Å². The van der Waals surface area contributed by atoms with Gasteiger partial charge in [-0.1, -0.05) is 205 Å². The van der Waals surface area contributed by atoms with E-state index in [2.05, 4.69) is 227 Å². The van der Waals surface area contributed by atoms with Crippen molar-refractivity contribution in [1.82, 2.24) is 39.9 Å². The SMILES string of the molecule is CCc1ccc(Nc2cc(C)c3ccccc3n2)cc1.COc1ccc(Nc2cc(C)c3ccccc3n2)cc1C.COc1ccccc1Nc1nc(-c2sc(NC(=O)c3ccccc3)nc2C)cs1.Cc1cc(Nc2ccccc2)nc2ccccc12.Cc1ccc(Nc2cc(C)c3ccccc3n2)cc1.Cc1nc(NC(=O)c2ccccc2)sc1-c1csc(Nc2cccc([N+](=O)[O-])c2)n1. The van der Waals surface area contributed by atoms with E-state index in [1.54, 1.807) is 62.8 Å². The van der Waals surface area contributed by atoms with Gasteiger partial charge in [0, 0.05) is 84.0 Å². The van der Waals surface area contributed by atoms with Crippen LogP contribution in [0.15, 0.2) is 338 Å². The molecule has 8 heterocycles. The van der Waals surface area contributed by atoms with Crippen molar-refractivity contribution < 1.29 is 24.0 Å². The first-order valence-corrected chi connectivity index (χ1v) is 47.4. The van der Waals surface area contributed by atoms with Gasteiger partial charge in [-0.25, -0.2) is 39.9 Å². The number of nitro groups is 1. The van der Waals surface area contributed by atoms with Crippen molar-refractivity contribution in [2.45, 2.75) is 68.7 Å². The average molecular weight is 1880 g/mol.